The highest BCUT2D eigenvalue weighted by Crippen LogP contribution is 2.37. The summed E-state index contributed by atoms with van der Waals surface area (Å²) < 4.78 is 142. The van der Waals surface area contributed by atoms with Gasteiger partial charge in [0.25, 0.3) is 0 Å². The minimum absolute atomic E-state index is 0.0244. The van der Waals surface area contributed by atoms with Crippen LogP contribution in [-0.4, -0.2) is 8.42 Å². The first-order valence-corrected chi connectivity index (χ1v) is 8.52. The second kappa shape index (κ2) is 7.28. The molecule has 0 fully saturated rings. The van der Waals surface area contributed by atoms with Crippen molar-refractivity contribution < 1.29 is 47.9 Å². The fourth-order valence-electron chi connectivity index (χ4n) is 2.05. The maximum absolute atomic E-state index is 13.1. The van der Waals surface area contributed by atoms with Crippen molar-refractivity contribution in [3.63, 3.8) is 0 Å². The molecule has 2 aromatic rings. The standard InChI is InChI=1S/C15H8F9NO2S/c16-11-1-7(2-12(17)13(11)18)6-25-28(26,27)10-4-8(14(19,20)21)3-9(5-10)15(22,23)24/h1-5,25H,6H2. The maximum Gasteiger partial charge on any atom is 0.416 e. The summed E-state index contributed by atoms with van der Waals surface area (Å²) in [5.41, 5.74) is -4.17. The molecule has 0 heterocycles. The van der Waals surface area contributed by atoms with Gasteiger partial charge in [-0.25, -0.2) is 26.3 Å². The number of sulfonamides is 1. The van der Waals surface area contributed by atoms with Gasteiger partial charge in [-0.05, 0) is 35.9 Å². The lowest BCUT2D eigenvalue weighted by Crippen LogP contribution is -2.25. The smallest absolute Gasteiger partial charge is 0.207 e. The molecule has 0 spiro atoms. The first kappa shape index (κ1) is 22.0. The SMILES string of the molecule is O=S(=O)(NCc1cc(F)c(F)c(F)c1)c1cc(C(F)(F)F)cc(C(F)(F)F)c1. The van der Waals surface area contributed by atoms with Crippen LogP contribution >= 0.6 is 0 Å². The van der Waals surface area contributed by atoms with Crippen LogP contribution in [0.2, 0.25) is 0 Å². The summed E-state index contributed by atoms with van der Waals surface area (Å²) in [5, 5.41) is 0. The molecule has 1 N–H and O–H groups in total. The van der Waals surface area contributed by atoms with Crippen LogP contribution in [0.5, 0.6) is 0 Å². The summed E-state index contributed by atoms with van der Waals surface area (Å²) in [6, 6.07) is 0.513. The maximum atomic E-state index is 13.1. The van der Waals surface area contributed by atoms with Crippen molar-refractivity contribution in [2.45, 2.75) is 23.8 Å². The Bertz CT molecular complexity index is 942. The van der Waals surface area contributed by atoms with Crippen LogP contribution in [0.3, 0.4) is 0 Å². The second-order valence-corrected chi connectivity index (χ2v) is 7.21. The molecular formula is C15H8F9NO2S. The number of halogens is 9. The van der Waals surface area contributed by atoms with Gasteiger partial charge in [0.2, 0.25) is 10.0 Å². The summed E-state index contributed by atoms with van der Waals surface area (Å²) in [6.07, 6.45) is -10.5. The van der Waals surface area contributed by atoms with Gasteiger partial charge in [0.1, 0.15) is 0 Å². The molecule has 0 aliphatic rings. The highest BCUT2D eigenvalue weighted by molar-refractivity contribution is 7.89. The average Bonchev–Trinajstić information content (AvgIpc) is 2.56. The Morgan fingerprint density at radius 2 is 1.18 bits per heavy atom. The predicted molar refractivity (Wildman–Crippen MR) is 76.8 cm³/mol. The van der Waals surface area contributed by atoms with E-state index in [0.29, 0.717) is 12.1 Å². The van der Waals surface area contributed by atoms with Crippen LogP contribution < -0.4 is 4.72 Å². The zero-order valence-electron chi connectivity index (χ0n) is 13.2. The molecule has 154 valence electrons. The van der Waals surface area contributed by atoms with Crippen LogP contribution in [0.1, 0.15) is 16.7 Å². The molecule has 0 aromatic heterocycles. The molecule has 13 heteroatoms. The molecule has 0 unspecified atom stereocenters. The number of hydrogen-bond donors (Lipinski definition) is 1. The van der Waals surface area contributed by atoms with Crippen LogP contribution in [0.15, 0.2) is 35.2 Å². The van der Waals surface area contributed by atoms with Gasteiger partial charge in [0, 0.05) is 6.54 Å². The molecule has 0 aliphatic heterocycles. The van der Waals surface area contributed by atoms with Crippen LogP contribution in [0.4, 0.5) is 39.5 Å². The monoisotopic (exact) mass is 437 g/mol. The zero-order valence-corrected chi connectivity index (χ0v) is 14.0. The van der Waals surface area contributed by atoms with E-state index in [0.717, 1.165) is 0 Å². The summed E-state index contributed by atoms with van der Waals surface area (Å²) in [5.74, 6) is -5.15. The second-order valence-electron chi connectivity index (χ2n) is 5.44. The van der Waals surface area contributed by atoms with Crippen molar-refractivity contribution in [3.05, 3.63) is 64.5 Å². The quantitative estimate of drug-likeness (QED) is 0.561. The third-order valence-electron chi connectivity index (χ3n) is 3.38. The molecule has 0 bridgehead atoms. The number of alkyl halides is 6. The molecule has 0 saturated heterocycles. The van der Waals surface area contributed by atoms with E-state index in [2.05, 4.69) is 0 Å². The highest BCUT2D eigenvalue weighted by Gasteiger charge is 2.38. The molecular weight excluding hydrogens is 429 g/mol. The lowest BCUT2D eigenvalue weighted by atomic mass is 10.1. The van der Waals surface area contributed by atoms with Crippen LogP contribution in [0.25, 0.3) is 0 Å². The Morgan fingerprint density at radius 3 is 1.57 bits per heavy atom. The van der Waals surface area contributed by atoms with Crippen molar-refractivity contribution in [1.29, 1.82) is 0 Å². The Balaban J connectivity index is 2.42. The Kier molecular flexibility index (Phi) is 5.72. The third-order valence-corrected chi connectivity index (χ3v) is 4.76. The number of nitrogens with one attached hydrogen (secondary N) is 1. The van der Waals surface area contributed by atoms with Crippen LogP contribution in [0, 0.1) is 17.5 Å². The first-order chi connectivity index (χ1) is 12.6. The van der Waals surface area contributed by atoms with Crippen molar-refractivity contribution in [2.24, 2.45) is 0 Å². The minimum Gasteiger partial charge on any atom is -0.207 e. The lowest BCUT2D eigenvalue weighted by Gasteiger charge is -2.15. The van der Waals surface area contributed by atoms with E-state index >= 15 is 0 Å². The van der Waals surface area contributed by atoms with Gasteiger partial charge < -0.3 is 0 Å². The van der Waals surface area contributed by atoms with Gasteiger partial charge in [0.05, 0.1) is 16.0 Å². The predicted octanol–water partition coefficient (Wildman–Crippen LogP) is 4.62. The fourth-order valence-corrected chi connectivity index (χ4v) is 3.14. The van der Waals surface area contributed by atoms with Gasteiger partial charge in [-0.3, -0.25) is 0 Å². The highest BCUT2D eigenvalue weighted by atomic mass is 32.2. The Morgan fingerprint density at radius 1 is 0.750 bits per heavy atom. The fraction of sp³-hybridized carbons (Fsp3) is 0.200. The third kappa shape index (κ3) is 4.95. The van der Waals surface area contributed by atoms with Gasteiger partial charge in [-0.15, -0.1) is 0 Å². The van der Waals surface area contributed by atoms with Crippen molar-refractivity contribution >= 4 is 10.0 Å². The first-order valence-electron chi connectivity index (χ1n) is 7.04. The molecule has 2 rings (SSSR count). The molecule has 0 atom stereocenters. The van der Waals surface area contributed by atoms with E-state index in [1.165, 1.54) is 0 Å². The lowest BCUT2D eigenvalue weighted by molar-refractivity contribution is -0.143. The van der Waals surface area contributed by atoms with E-state index < -0.39 is 68.0 Å². The topological polar surface area (TPSA) is 46.2 Å². The molecule has 2 aromatic carbocycles. The summed E-state index contributed by atoms with van der Waals surface area (Å²) in [6.45, 7) is -0.923. The molecule has 0 saturated carbocycles. The Labute approximate surface area is 151 Å². The molecule has 3 nitrogen and oxygen atoms in total. The van der Waals surface area contributed by atoms with Crippen LogP contribution in [-0.2, 0) is 28.9 Å². The van der Waals surface area contributed by atoms with Crippen molar-refractivity contribution in [2.75, 3.05) is 0 Å². The van der Waals surface area contributed by atoms with Gasteiger partial charge >= 0.3 is 12.4 Å². The number of hydrogen-bond acceptors (Lipinski definition) is 2. The zero-order chi connectivity index (χ0) is 21.5. The number of benzene rings is 2. The van der Waals surface area contributed by atoms with E-state index in [1.807, 2.05) is 0 Å². The average molecular weight is 437 g/mol. The van der Waals surface area contributed by atoms with Crippen molar-refractivity contribution in [3.8, 4) is 0 Å². The summed E-state index contributed by atoms with van der Waals surface area (Å²) >= 11 is 0. The molecule has 28 heavy (non-hydrogen) atoms. The van der Waals surface area contributed by atoms with Gasteiger partial charge in [0.15, 0.2) is 17.5 Å². The number of rotatable bonds is 4. The van der Waals surface area contributed by atoms with E-state index in [4.69, 9.17) is 0 Å². The molecule has 0 radical (unpaired) electrons. The summed E-state index contributed by atoms with van der Waals surface area (Å²) in [4.78, 5) is -1.36. The molecule has 0 aliphatic carbocycles. The minimum atomic E-state index is -5.27. The van der Waals surface area contributed by atoms with E-state index in [1.54, 1.807) is 4.72 Å². The van der Waals surface area contributed by atoms with Gasteiger partial charge in [-0.1, -0.05) is 0 Å². The van der Waals surface area contributed by atoms with E-state index in [9.17, 15) is 47.9 Å². The van der Waals surface area contributed by atoms with E-state index in [-0.39, 0.29) is 18.2 Å². The largest absolute Gasteiger partial charge is 0.416 e. The normalized spacial score (nSPS) is 13.0. The molecule has 0 amide bonds. The van der Waals surface area contributed by atoms with Crippen molar-refractivity contribution in [1.82, 2.24) is 4.72 Å². The van der Waals surface area contributed by atoms with Gasteiger partial charge in [-0.2, -0.15) is 26.3 Å². The summed E-state index contributed by atoms with van der Waals surface area (Å²) in [7, 11) is -4.95. The Hall–Kier alpha value is -2.28.